The highest BCUT2D eigenvalue weighted by Crippen LogP contribution is 2.55. The molecule has 0 saturated heterocycles. The summed E-state index contributed by atoms with van der Waals surface area (Å²) < 4.78 is 21.8. The van der Waals surface area contributed by atoms with Crippen LogP contribution < -0.4 is 15.2 Å². The molecule has 7 nitrogen and oxygen atoms in total. The Bertz CT molecular complexity index is 2260. The van der Waals surface area contributed by atoms with E-state index in [1.807, 2.05) is 25.1 Å². The monoisotopic (exact) mass is 607 g/mol. The lowest BCUT2D eigenvalue weighted by atomic mass is 9.84. The number of carbonyl (C=O) groups excluding carboxylic acids is 2. The Labute approximate surface area is 252 Å². The van der Waals surface area contributed by atoms with Gasteiger partial charge in [0.05, 0.1) is 33.4 Å². The molecule has 43 heavy (non-hydrogen) atoms. The van der Waals surface area contributed by atoms with E-state index in [1.165, 1.54) is 39.3 Å². The quantitative estimate of drug-likeness (QED) is 0.217. The van der Waals surface area contributed by atoms with E-state index < -0.39 is 28.6 Å². The van der Waals surface area contributed by atoms with Gasteiger partial charge in [0.1, 0.15) is 11.4 Å². The number of nitrogens with zero attached hydrogens (tertiary/aromatic N) is 3. The summed E-state index contributed by atoms with van der Waals surface area (Å²) in [5.74, 6) is -1.98. The van der Waals surface area contributed by atoms with Crippen molar-refractivity contribution >= 4 is 66.8 Å². The molecule has 1 spiro atoms. The summed E-state index contributed by atoms with van der Waals surface area (Å²) in [6, 6.07) is 23.4. The smallest absolute Gasteiger partial charge is 0.297 e. The topological polar surface area (TPSA) is 83.7 Å². The van der Waals surface area contributed by atoms with Gasteiger partial charge >= 0.3 is 0 Å². The second-order valence-electron chi connectivity index (χ2n) is 10.6. The number of fused-ring (bicyclic) bond motifs is 6. The van der Waals surface area contributed by atoms with E-state index in [1.54, 1.807) is 48.5 Å². The van der Waals surface area contributed by atoms with Gasteiger partial charge in [-0.05, 0) is 55.0 Å². The van der Waals surface area contributed by atoms with Crippen molar-refractivity contribution in [3.8, 4) is 0 Å². The Morgan fingerprint density at radius 1 is 0.977 bits per heavy atom. The average molecular weight is 608 g/mol. The molecule has 210 valence electrons. The highest BCUT2D eigenvalue weighted by atomic mass is 35.5. The molecular formula is C33H19ClFN3O4S. The van der Waals surface area contributed by atoms with Crippen LogP contribution in [0.1, 0.15) is 32.8 Å². The Balaban J connectivity index is 1.46. The SMILES string of the molecule is Cc1ccc2nc(N3C(=O)c4oc5ccc(Cl)cc5c(=O)c4C34C(=O)N(Cc3ccccc3F)c3ccccc34)sc2c1. The number of carbonyl (C=O) groups is 2. The van der Waals surface area contributed by atoms with Crippen molar-refractivity contribution < 1.29 is 18.4 Å². The predicted octanol–water partition coefficient (Wildman–Crippen LogP) is 6.95. The molecule has 0 fully saturated rings. The van der Waals surface area contributed by atoms with Crippen LogP contribution in [0.4, 0.5) is 15.2 Å². The minimum atomic E-state index is -1.95. The van der Waals surface area contributed by atoms with Crippen LogP contribution in [0.25, 0.3) is 21.2 Å². The van der Waals surface area contributed by atoms with Gasteiger partial charge in [-0.2, -0.15) is 0 Å². The fourth-order valence-electron chi connectivity index (χ4n) is 6.20. The van der Waals surface area contributed by atoms with Crippen molar-refractivity contribution in [1.29, 1.82) is 0 Å². The van der Waals surface area contributed by atoms with Gasteiger partial charge in [0.2, 0.25) is 5.76 Å². The maximum absolute atomic E-state index is 15.0. The molecule has 6 aromatic rings. The summed E-state index contributed by atoms with van der Waals surface area (Å²) in [6.45, 7) is 1.83. The lowest BCUT2D eigenvalue weighted by Crippen LogP contribution is -2.53. The normalized spacial score (nSPS) is 17.5. The third-order valence-corrected chi connectivity index (χ3v) is 9.33. The van der Waals surface area contributed by atoms with Crippen molar-refractivity contribution in [3.05, 3.63) is 134 Å². The van der Waals surface area contributed by atoms with Gasteiger partial charge in [-0.1, -0.05) is 65.4 Å². The molecule has 1 atom stereocenters. The van der Waals surface area contributed by atoms with E-state index in [-0.39, 0.29) is 39.5 Å². The van der Waals surface area contributed by atoms with Gasteiger partial charge in [-0.3, -0.25) is 19.3 Å². The van der Waals surface area contributed by atoms with Crippen LogP contribution in [-0.2, 0) is 16.9 Å². The summed E-state index contributed by atoms with van der Waals surface area (Å²) in [5.41, 5.74) is 0.324. The summed E-state index contributed by atoms with van der Waals surface area (Å²) in [7, 11) is 0. The maximum atomic E-state index is 15.0. The van der Waals surface area contributed by atoms with Crippen molar-refractivity contribution in [2.24, 2.45) is 0 Å². The molecule has 0 aliphatic carbocycles. The maximum Gasteiger partial charge on any atom is 0.297 e. The Kier molecular flexibility index (Phi) is 5.44. The first-order valence-electron chi connectivity index (χ1n) is 13.4. The zero-order chi connectivity index (χ0) is 29.6. The molecule has 8 rings (SSSR count). The largest absolute Gasteiger partial charge is 0.450 e. The number of aromatic nitrogens is 1. The number of hydrogen-bond acceptors (Lipinski definition) is 6. The molecule has 2 aliphatic rings. The zero-order valence-electron chi connectivity index (χ0n) is 22.4. The first kappa shape index (κ1) is 25.8. The molecule has 2 amide bonds. The minimum absolute atomic E-state index is 0.115. The first-order valence-corrected chi connectivity index (χ1v) is 14.6. The molecule has 4 aromatic carbocycles. The molecule has 0 saturated carbocycles. The second kappa shape index (κ2) is 9.07. The van der Waals surface area contributed by atoms with Crippen LogP contribution in [0.3, 0.4) is 0 Å². The predicted molar refractivity (Wildman–Crippen MR) is 163 cm³/mol. The van der Waals surface area contributed by atoms with Crippen LogP contribution in [0.5, 0.6) is 0 Å². The standard InChI is InChI=1S/C33H19ClFN3O4S/c1-17-10-12-23-26(14-17)43-32(36-23)38-30(40)29-27(28(39)20-15-19(34)11-13-25(20)42-29)33(38)21-7-3-5-9-24(21)37(31(33)41)16-18-6-2-4-8-22(18)35/h2-15H,16H2,1H3. The lowest BCUT2D eigenvalue weighted by Gasteiger charge is -2.32. The van der Waals surface area contributed by atoms with Crippen molar-refractivity contribution in [2.75, 3.05) is 9.80 Å². The van der Waals surface area contributed by atoms with Gasteiger partial charge in [0, 0.05) is 16.1 Å². The number of thiazole rings is 1. The summed E-state index contributed by atoms with van der Waals surface area (Å²) in [6.07, 6.45) is 0. The summed E-state index contributed by atoms with van der Waals surface area (Å²) in [4.78, 5) is 51.3. The third kappa shape index (κ3) is 3.46. The highest BCUT2D eigenvalue weighted by molar-refractivity contribution is 7.22. The summed E-state index contributed by atoms with van der Waals surface area (Å²) >= 11 is 7.50. The van der Waals surface area contributed by atoms with Crippen molar-refractivity contribution in [1.82, 2.24) is 4.98 Å². The average Bonchev–Trinajstić information content (AvgIpc) is 3.60. The van der Waals surface area contributed by atoms with Crippen LogP contribution in [0.2, 0.25) is 5.02 Å². The number of amides is 2. The second-order valence-corrected chi connectivity index (χ2v) is 12.0. The van der Waals surface area contributed by atoms with Crippen molar-refractivity contribution in [3.63, 3.8) is 0 Å². The molecule has 1 unspecified atom stereocenters. The van der Waals surface area contributed by atoms with Crippen LogP contribution in [0, 0.1) is 12.7 Å². The molecule has 0 bridgehead atoms. The van der Waals surface area contributed by atoms with Gasteiger partial charge in [0.15, 0.2) is 16.1 Å². The van der Waals surface area contributed by atoms with Gasteiger partial charge < -0.3 is 9.32 Å². The zero-order valence-corrected chi connectivity index (χ0v) is 24.0. The number of benzene rings is 4. The van der Waals surface area contributed by atoms with Crippen LogP contribution in [0.15, 0.2) is 94.1 Å². The minimum Gasteiger partial charge on any atom is -0.450 e. The molecule has 2 aromatic heterocycles. The molecular weight excluding hydrogens is 589 g/mol. The number of para-hydroxylation sites is 1. The Morgan fingerprint density at radius 3 is 2.60 bits per heavy atom. The number of aryl methyl sites for hydroxylation is 1. The Morgan fingerprint density at radius 2 is 1.77 bits per heavy atom. The van der Waals surface area contributed by atoms with E-state index in [2.05, 4.69) is 0 Å². The first-order chi connectivity index (χ1) is 20.8. The molecule has 10 heteroatoms. The number of rotatable bonds is 3. The molecule has 0 N–H and O–H groups in total. The molecule has 2 aliphatic heterocycles. The number of halogens is 2. The van der Waals surface area contributed by atoms with E-state index in [0.29, 0.717) is 21.8 Å². The van der Waals surface area contributed by atoms with E-state index >= 15 is 0 Å². The highest BCUT2D eigenvalue weighted by Gasteiger charge is 2.66. The Hall–Kier alpha value is -4.86. The van der Waals surface area contributed by atoms with E-state index in [0.717, 1.165) is 10.3 Å². The fraction of sp³-hybridized carbons (Fsp3) is 0.0909. The van der Waals surface area contributed by atoms with Crippen molar-refractivity contribution in [2.45, 2.75) is 19.0 Å². The van der Waals surface area contributed by atoms with Crippen LogP contribution in [-0.4, -0.2) is 16.8 Å². The number of anilines is 2. The fourth-order valence-corrected chi connectivity index (χ4v) is 7.49. The third-order valence-electron chi connectivity index (χ3n) is 8.10. The molecule has 4 heterocycles. The summed E-state index contributed by atoms with van der Waals surface area (Å²) in [5, 5.41) is 0.670. The van der Waals surface area contributed by atoms with E-state index in [9.17, 15) is 18.8 Å². The van der Waals surface area contributed by atoms with Crippen LogP contribution >= 0.6 is 22.9 Å². The van der Waals surface area contributed by atoms with Gasteiger partial charge in [0.25, 0.3) is 11.8 Å². The van der Waals surface area contributed by atoms with Gasteiger partial charge in [-0.25, -0.2) is 9.37 Å². The lowest BCUT2D eigenvalue weighted by molar-refractivity contribution is -0.121. The van der Waals surface area contributed by atoms with E-state index in [4.69, 9.17) is 21.0 Å². The molecule has 0 radical (unpaired) electrons. The van der Waals surface area contributed by atoms with Gasteiger partial charge in [-0.15, -0.1) is 0 Å². The number of hydrogen-bond donors (Lipinski definition) is 0.